The molecule has 0 saturated heterocycles. The summed E-state index contributed by atoms with van der Waals surface area (Å²) in [6.07, 6.45) is 0.132. The highest BCUT2D eigenvalue weighted by Crippen LogP contribution is 2.52. The topological polar surface area (TPSA) is 204 Å². The number of hydrogen-bond donors (Lipinski definition) is 4. The second-order valence-corrected chi connectivity index (χ2v) is 17.9. The molecule has 0 aliphatic carbocycles. The summed E-state index contributed by atoms with van der Waals surface area (Å²) in [6, 6.07) is 42.4. The molecule has 14 nitrogen and oxygen atoms in total. The van der Waals surface area contributed by atoms with Crippen LogP contribution >= 0.6 is 39.1 Å². The number of hydrogen-bond acceptors (Lipinski definition) is 11. The molecule has 0 aromatic heterocycles. The van der Waals surface area contributed by atoms with Gasteiger partial charge in [0.2, 0.25) is 0 Å². The molecule has 340 valence electrons. The number of likely N-dealkylation sites (N-methyl/N-ethyl adjacent to an activating group) is 2. The van der Waals surface area contributed by atoms with Crippen molar-refractivity contribution in [1.82, 2.24) is 9.80 Å². The van der Waals surface area contributed by atoms with Gasteiger partial charge < -0.3 is 31.0 Å². The second-order valence-electron chi connectivity index (χ2n) is 16.2. The molecular weight excluding hydrogens is 970 g/mol. The molecule has 10 rings (SSSR count). The monoisotopic (exact) mass is 1010 g/mol. The van der Waals surface area contributed by atoms with Gasteiger partial charge in [-0.05, 0) is 70.7 Å². The zero-order valence-electron chi connectivity index (χ0n) is 36.3. The van der Waals surface area contributed by atoms with Crippen molar-refractivity contribution in [2.45, 2.75) is 36.1 Å². The van der Waals surface area contributed by atoms with E-state index in [-0.39, 0.29) is 46.4 Å². The molecule has 6 aromatic carbocycles. The number of nitrogens with two attached hydrogens (primary N) is 2. The number of carbonyl (C=O) groups is 2. The average molecular weight is 1010 g/mol. The van der Waals surface area contributed by atoms with E-state index < -0.39 is 18.2 Å². The molecular formula is C50H40BBrCl2N8O6. The molecule has 4 atom stereocenters. The summed E-state index contributed by atoms with van der Waals surface area (Å²) in [5, 5.41) is 27.6. The van der Waals surface area contributed by atoms with Gasteiger partial charge in [-0.15, -0.1) is 0 Å². The number of halogens is 3. The number of rotatable bonds is 4. The minimum absolute atomic E-state index is 0.122. The van der Waals surface area contributed by atoms with Crippen LogP contribution in [0.2, 0.25) is 10.0 Å². The van der Waals surface area contributed by atoms with Crippen LogP contribution in [-0.2, 0) is 20.7 Å². The van der Waals surface area contributed by atoms with E-state index in [0.29, 0.717) is 51.7 Å². The lowest BCUT2D eigenvalue weighted by atomic mass is 9.79. The second kappa shape index (κ2) is 19.2. The number of ether oxygens (including phenoxy) is 2. The largest absolute Gasteiger partial charge is 0.488 e. The van der Waals surface area contributed by atoms with E-state index in [4.69, 9.17) is 60.8 Å². The molecule has 2 amide bonds. The van der Waals surface area contributed by atoms with E-state index in [2.05, 4.69) is 36.8 Å². The van der Waals surface area contributed by atoms with Crippen LogP contribution in [0, 0.1) is 17.9 Å². The van der Waals surface area contributed by atoms with Crippen LogP contribution in [-0.4, -0.2) is 64.8 Å². The zero-order chi connectivity index (χ0) is 48.5. The van der Waals surface area contributed by atoms with Gasteiger partial charge in [0.15, 0.2) is 28.7 Å². The first-order valence-corrected chi connectivity index (χ1v) is 22.5. The highest BCUT2D eigenvalue weighted by molar-refractivity contribution is 9.10. The summed E-state index contributed by atoms with van der Waals surface area (Å²) in [7, 11) is 1.65. The maximum atomic E-state index is 13.5. The molecule has 4 heterocycles. The summed E-state index contributed by atoms with van der Waals surface area (Å²) >= 11 is 15.5. The lowest BCUT2D eigenvalue weighted by Gasteiger charge is -2.37. The van der Waals surface area contributed by atoms with E-state index in [1.54, 1.807) is 32.3 Å². The molecule has 68 heavy (non-hydrogen) atoms. The number of guanidine groups is 2. The first-order valence-electron chi connectivity index (χ1n) is 21.0. The minimum atomic E-state index is -1.63. The lowest BCUT2D eigenvalue weighted by molar-refractivity contribution is -0.133. The number of amides is 2. The van der Waals surface area contributed by atoms with Gasteiger partial charge in [-0.25, -0.2) is 14.8 Å². The maximum absolute atomic E-state index is 13.5. The lowest BCUT2D eigenvalue weighted by Crippen LogP contribution is -2.43. The highest BCUT2D eigenvalue weighted by atomic mass is 79.9. The molecule has 6 aromatic rings. The van der Waals surface area contributed by atoms with Gasteiger partial charge in [0.25, 0.3) is 11.8 Å². The molecule has 18 heteroatoms. The molecule has 4 aliphatic heterocycles. The normalized spacial score (nSPS) is 20.8. The summed E-state index contributed by atoms with van der Waals surface area (Å²) in [4.78, 5) is 41.6. The quantitative estimate of drug-likeness (QED) is 0.1000. The van der Waals surface area contributed by atoms with Crippen LogP contribution in [0.15, 0.2) is 148 Å². The van der Waals surface area contributed by atoms with Crippen molar-refractivity contribution in [2.24, 2.45) is 21.5 Å². The van der Waals surface area contributed by atoms with E-state index in [1.807, 2.05) is 97.1 Å². The van der Waals surface area contributed by atoms with Crippen LogP contribution in [0.1, 0.15) is 52.9 Å². The fourth-order valence-corrected chi connectivity index (χ4v) is 9.34. The highest BCUT2D eigenvalue weighted by Gasteiger charge is 2.55. The van der Waals surface area contributed by atoms with Crippen molar-refractivity contribution in [2.75, 3.05) is 14.1 Å². The Morgan fingerprint density at radius 1 is 0.750 bits per heavy atom. The third kappa shape index (κ3) is 8.88. The molecule has 4 unspecified atom stereocenters. The third-order valence-corrected chi connectivity index (χ3v) is 13.2. The predicted octanol–water partition coefficient (Wildman–Crippen LogP) is 7.91. The Hall–Kier alpha value is -7.18. The number of benzene rings is 6. The van der Waals surface area contributed by atoms with Gasteiger partial charge in [-0.2, -0.15) is 5.26 Å². The van der Waals surface area contributed by atoms with Gasteiger partial charge in [-0.1, -0.05) is 124 Å². The number of nitriles is 1. The fraction of sp³-hybridized carbons (Fsp3) is 0.160. The summed E-state index contributed by atoms with van der Waals surface area (Å²) in [5.74, 6) is 1.32. The van der Waals surface area contributed by atoms with E-state index in [0.717, 1.165) is 26.7 Å². The molecule has 4 aliphatic rings. The summed E-state index contributed by atoms with van der Waals surface area (Å²) in [5.41, 5.74) is 15.6. The van der Waals surface area contributed by atoms with Crippen molar-refractivity contribution in [3.05, 3.63) is 187 Å². The van der Waals surface area contributed by atoms with Gasteiger partial charge >= 0.3 is 7.12 Å². The zero-order valence-corrected chi connectivity index (χ0v) is 39.4. The Labute approximate surface area is 410 Å². The van der Waals surface area contributed by atoms with Crippen LogP contribution in [0.25, 0.3) is 16.0 Å². The number of nitrogens with zero attached hydrogens (tertiary/aromatic N) is 6. The predicted molar refractivity (Wildman–Crippen MR) is 264 cm³/mol. The van der Waals surface area contributed by atoms with Crippen molar-refractivity contribution < 1.29 is 29.1 Å². The SMILES string of the molecule is CN1C(=O)C2(CC(c3ccccc3)Oc3ccc(-c4cc(C#N)ccc4Cl)cc32)N=C1N.CN1C(=O)C2(CC(c3ccccc3)Oc3ccc(Br)cc32)N=C1N.[C-]#[N+]c1ccc(Cl)c(B(O)O)c1. The minimum Gasteiger partial charge on any atom is -0.485 e. The Kier molecular flexibility index (Phi) is 13.4. The van der Waals surface area contributed by atoms with Crippen molar-refractivity contribution >= 4 is 81.1 Å². The summed E-state index contributed by atoms with van der Waals surface area (Å²) < 4.78 is 13.4. The fourth-order valence-electron chi connectivity index (χ4n) is 8.54. The van der Waals surface area contributed by atoms with Crippen LogP contribution in [0.3, 0.4) is 0 Å². The van der Waals surface area contributed by atoms with Crippen LogP contribution in [0.4, 0.5) is 5.69 Å². The first kappa shape index (κ1) is 47.3. The number of carbonyl (C=O) groups excluding carboxylic acids is 2. The number of aliphatic imine (C=N–C) groups is 2. The third-order valence-electron chi connectivity index (χ3n) is 12.1. The smallest absolute Gasteiger partial charge is 0.485 e. The van der Waals surface area contributed by atoms with Gasteiger partial charge in [0.1, 0.15) is 23.7 Å². The maximum Gasteiger partial charge on any atom is 0.488 e. The van der Waals surface area contributed by atoms with Crippen LogP contribution < -0.4 is 26.4 Å². The molecule has 0 bridgehead atoms. The van der Waals surface area contributed by atoms with Crippen LogP contribution in [0.5, 0.6) is 11.5 Å². The van der Waals surface area contributed by atoms with Gasteiger partial charge in [0.05, 0.1) is 18.2 Å². The molecule has 6 N–H and O–H groups in total. The van der Waals surface area contributed by atoms with Gasteiger partial charge in [0, 0.05) is 58.1 Å². The summed E-state index contributed by atoms with van der Waals surface area (Å²) in [6.45, 7) is 6.67. The van der Waals surface area contributed by atoms with Crippen molar-refractivity contribution in [3.63, 3.8) is 0 Å². The van der Waals surface area contributed by atoms with Crippen molar-refractivity contribution in [1.29, 1.82) is 5.26 Å². The standard InChI is InChI=1S/C25H19ClN4O2.C18H16BrN3O2.C7H5BClNO2/c1-30-23(31)25(29-24(30)28)13-22(16-5-3-2-4-6-16)32-21-10-8-17(12-19(21)25)18-11-15(14-27)7-9-20(18)26;1-22-16(23)18(21-17(22)20)10-15(11-5-3-2-4-6-11)24-14-8-7-12(19)9-13(14)18;1-10-5-2-3-7(9)6(4-5)8(11)12/h2-12,22H,13H2,1H3,(H2,28,29);2-9,15H,10H2,1H3,(H2,20,21);2-4,11-12H. The first-order chi connectivity index (χ1) is 32.6. The Morgan fingerprint density at radius 3 is 1.75 bits per heavy atom. The Balaban J connectivity index is 0.000000152. The van der Waals surface area contributed by atoms with Crippen molar-refractivity contribution in [3.8, 4) is 28.7 Å². The van der Waals surface area contributed by atoms with E-state index in [9.17, 15) is 14.9 Å². The average Bonchev–Trinajstić information content (AvgIpc) is 3.70. The van der Waals surface area contributed by atoms with Gasteiger partial charge in [-0.3, -0.25) is 19.4 Å². The van der Waals surface area contributed by atoms with E-state index >= 15 is 0 Å². The Morgan fingerprint density at radius 2 is 1.26 bits per heavy atom. The number of fused-ring (bicyclic) bond motifs is 4. The molecule has 0 fully saturated rings. The molecule has 0 saturated carbocycles. The molecule has 2 spiro atoms. The Bertz CT molecular complexity index is 3110. The molecule has 0 radical (unpaired) electrons. The van der Waals surface area contributed by atoms with E-state index in [1.165, 1.54) is 28.0 Å².